The Hall–Kier alpha value is -1.14. The van der Waals surface area contributed by atoms with Gasteiger partial charge in [-0.1, -0.05) is 51.2 Å². The highest BCUT2D eigenvalue weighted by molar-refractivity contribution is 5.27. The lowest BCUT2D eigenvalue weighted by Gasteiger charge is -2.10. The van der Waals surface area contributed by atoms with Crippen molar-refractivity contribution in [3.63, 3.8) is 0 Å². The van der Waals surface area contributed by atoms with Crippen molar-refractivity contribution in [2.24, 2.45) is 0 Å². The summed E-state index contributed by atoms with van der Waals surface area (Å²) in [7, 11) is 4.07. The molecule has 0 spiro atoms. The van der Waals surface area contributed by atoms with Gasteiger partial charge in [-0.3, -0.25) is 0 Å². The zero-order valence-electron chi connectivity index (χ0n) is 19.0. The van der Waals surface area contributed by atoms with E-state index in [0.29, 0.717) is 39.6 Å². The predicted molar refractivity (Wildman–Crippen MR) is 120 cm³/mol. The molecule has 1 aromatic rings. The molecule has 0 fully saturated rings. The molecule has 0 aromatic heterocycles. The van der Waals surface area contributed by atoms with Gasteiger partial charge >= 0.3 is 0 Å². The topological polar surface area (TPSA) is 40.2 Å². The van der Waals surface area contributed by atoms with E-state index in [-0.39, 0.29) is 0 Å². The molecule has 0 aliphatic rings. The van der Waals surface area contributed by atoms with E-state index in [1.165, 1.54) is 44.1 Å². The summed E-state index contributed by atoms with van der Waals surface area (Å²) in [6.07, 6.45) is 9.21. The van der Waals surface area contributed by atoms with Gasteiger partial charge in [-0.25, -0.2) is 0 Å². The summed E-state index contributed by atoms with van der Waals surface area (Å²) in [4.78, 5) is 2.10. The second-order valence-corrected chi connectivity index (χ2v) is 7.65. The molecule has 0 unspecified atom stereocenters. The maximum absolute atomic E-state index is 5.73. The van der Waals surface area contributed by atoms with Gasteiger partial charge in [-0.15, -0.1) is 0 Å². The molecule has 1 aromatic carbocycles. The normalized spacial score (nSPS) is 11.3. The van der Waals surface area contributed by atoms with Crippen molar-refractivity contribution in [1.29, 1.82) is 0 Å². The van der Waals surface area contributed by atoms with E-state index in [1.54, 1.807) is 0 Å². The van der Waals surface area contributed by atoms with E-state index in [4.69, 9.17) is 18.9 Å². The van der Waals surface area contributed by atoms with Crippen LogP contribution in [-0.2, 0) is 20.6 Å². The van der Waals surface area contributed by atoms with E-state index in [1.807, 2.05) is 14.1 Å². The van der Waals surface area contributed by atoms with Gasteiger partial charge in [0.1, 0.15) is 12.4 Å². The molecule has 0 saturated carbocycles. The van der Waals surface area contributed by atoms with Crippen molar-refractivity contribution in [3.05, 3.63) is 29.8 Å². The van der Waals surface area contributed by atoms with Crippen LogP contribution in [0.3, 0.4) is 0 Å². The number of hydrogen-bond acceptors (Lipinski definition) is 5. The molecule has 1 rings (SSSR count). The average Bonchev–Trinajstić information content (AvgIpc) is 2.72. The molecular weight excluding hydrogens is 366 g/mol. The van der Waals surface area contributed by atoms with E-state index < -0.39 is 0 Å². The Bertz CT molecular complexity index is 464. The highest BCUT2D eigenvalue weighted by Gasteiger charge is 1.98. The quantitative estimate of drug-likeness (QED) is 0.295. The Labute approximate surface area is 178 Å². The molecule has 0 aliphatic heterocycles. The molecule has 0 atom stereocenters. The Morgan fingerprint density at radius 3 is 1.83 bits per heavy atom. The number of ether oxygens (including phenoxy) is 4. The summed E-state index contributed by atoms with van der Waals surface area (Å²) in [6.45, 7) is 7.48. The average molecular weight is 410 g/mol. The maximum Gasteiger partial charge on any atom is 0.119 e. The van der Waals surface area contributed by atoms with Gasteiger partial charge < -0.3 is 23.8 Å². The van der Waals surface area contributed by atoms with Crippen LogP contribution in [0.15, 0.2) is 24.3 Å². The highest BCUT2D eigenvalue weighted by Crippen LogP contribution is 2.15. The smallest absolute Gasteiger partial charge is 0.119 e. The molecule has 0 amide bonds. The zero-order valence-corrected chi connectivity index (χ0v) is 19.0. The molecule has 0 saturated heterocycles. The second kappa shape index (κ2) is 18.9. The number of rotatable bonds is 20. The monoisotopic (exact) mass is 409 g/mol. The van der Waals surface area contributed by atoms with Gasteiger partial charge in [0.05, 0.1) is 39.6 Å². The molecule has 168 valence electrons. The van der Waals surface area contributed by atoms with Crippen molar-refractivity contribution >= 4 is 0 Å². The van der Waals surface area contributed by atoms with Crippen LogP contribution in [-0.4, -0.2) is 71.8 Å². The molecular formula is C24H43NO4. The molecule has 5 heteroatoms. The van der Waals surface area contributed by atoms with Crippen molar-refractivity contribution in [2.45, 2.75) is 51.9 Å². The van der Waals surface area contributed by atoms with Crippen molar-refractivity contribution < 1.29 is 18.9 Å². The minimum absolute atomic E-state index is 0.560. The second-order valence-electron chi connectivity index (χ2n) is 7.65. The first-order valence-corrected chi connectivity index (χ1v) is 11.3. The standard InChI is InChI=1S/C24H43NO4/c1-4-5-6-7-8-9-10-23-11-13-24(14-12-23)29-22-21-28-20-19-27-18-17-26-16-15-25(2)3/h11-14H,4-10,15-22H2,1-3H3. The minimum Gasteiger partial charge on any atom is -0.491 e. The Morgan fingerprint density at radius 2 is 1.21 bits per heavy atom. The predicted octanol–water partition coefficient (Wildman–Crippen LogP) is 4.58. The lowest BCUT2D eigenvalue weighted by atomic mass is 10.0. The first-order valence-electron chi connectivity index (χ1n) is 11.3. The third-order valence-electron chi connectivity index (χ3n) is 4.67. The van der Waals surface area contributed by atoms with E-state index in [0.717, 1.165) is 25.3 Å². The van der Waals surface area contributed by atoms with Gasteiger partial charge in [-0.05, 0) is 44.6 Å². The van der Waals surface area contributed by atoms with Crippen LogP contribution in [0.1, 0.15) is 51.0 Å². The number of unbranched alkanes of at least 4 members (excludes halogenated alkanes) is 5. The molecule has 0 heterocycles. The third kappa shape index (κ3) is 16.4. The van der Waals surface area contributed by atoms with Crippen LogP contribution in [0.2, 0.25) is 0 Å². The third-order valence-corrected chi connectivity index (χ3v) is 4.67. The molecule has 0 radical (unpaired) electrons. The summed E-state index contributed by atoms with van der Waals surface area (Å²) in [5, 5.41) is 0. The van der Waals surface area contributed by atoms with E-state index >= 15 is 0 Å². The van der Waals surface area contributed by atoms with Crippen LogP contribution in [0.5, 0.6) is 5.75 Å². The minimum atomic E-state index is 0.560. The SMILES string of the molecule is CCCCCCCCc1ccc(OCCOCCOCCOCCN(C)C)cc1. The molecule has 0 N–H and O–H groups in total. The molecule has 0 aliphatic carbocycles. The van der Waals surface area contributed by atoms with Crippen molar-refractivity contribution in [2.75, 3.05) is 66.9 Å². The largest absolute Gasteiger partial charge is 0.491 e. The molecule has 29 heavy (non-hydrogen) atoms. The summed E-state index contributed by atoms with van der Waals surface area (Å²) < 4.78 is 22.2. The van der Waals surface area contributed by atoms with Crippen LogP contribution in [0.4, 0.5) is 0 Å². The lowest BCUT2D eigenvalue weighted by Crippen LogP contribution is -2.19. The summed E-state index contributed by atoms with van der Waals surface area (Å²) in [5.74, 6) is 0.909. The van der Waals surface area contributed by atoms with Crippen molar-refractivity contribution in [3.8, 4) is 5.75 Å². The van der Waals surface area contributed by atoms with Gasteiger partial charge in [-0.2, -0.15) is 0 Å². The highest BCUT2D eigenvalue weighted by atomic mass is 16.6. The summed E-state index contributed by atoms with van der Waals surface area (Å²) in [6, 6.07) is 8.48. The fraction of sp³-hybridized carbons (Fsp3) is 0.750. The fourth-order valence-electron chi connectivity index (χ4n) is 2.87. The Balaban J connectivity index is 1.91. The van der Waals surface area contributed by atoms with E-state index in [9.17, 15) is 0 Å². The fourth-order valence-corrected chi connectivity index (χ4v) is 2.87. The molecule has 0 bridgehead atoms. The van der Waals surface area contributed by atoms with Gasteiger partial charge in [0, 0.05) is 6.54 Å². The van der Waals surface area contributed by atoms with Gasteiger partial charge in [0.2, 0.25) is 0 Å². The number of nitrogens with zero attached hydrogens (tertiary/aromatic N) is 1. The van der Waals surface area contributed by atoms with Crippen LogP contribution >= 0.6 is 0 Å². The lowest BCUT2D eigenvalue weighted by molar-refractivity contribution is 0.00753. The van der Waals surface area contributed by atoms with Crippen LogP contribution < -0.4 is 4.74 Å². The number of aryl methyl sites for hydroxylation is 1. The number of benzene rings is 1. The first-order chi connectivity index (χ1) is 14.2. The van der Waals surface area contributed by atoms with E-state index in [2.05, 4.69) is 36.1 Å². The van der Waals surface area contributed by atoms with Gasteiger partial charge in [0.15, 0.2) is 0 Å². The van der Waals surface area contributed by atoms with Crippen molar-refractivity contribution in [1.82, 2.24) is 4.90 Å². The Kier molecular flexibility index (Phi) is 16.8. The Morgan fingerprint density at radius 1 is 0.655 bits per heavy atom. The maximum atomic E-state index is 5.73. The summed E-state index contributed by atoms with van der Waals surface area (Å²) >= 11 is 0. The number of hydrogen-bond donors (Lipinski definition) is 0. The molecule has 5 nitrogen and oxygen atoms in total. The van der Waals surface area contributed by atoms with Crippen LogP contribution in [0.25, 0.3) is 0 Å². The number of likely N-dealkylation sites (N-methyl/N-ethyl adjacent to an activating group) is 1. The van der Waals surface area contributed by atoms with Gasteiger partial charge in [0.25, 0.3) is 0 Å². The zero-order chi connectivity index (χ0) is 21.0. The summed E-state index contributed by atoms with van der Waals surface area (Å²) in [5.41, 5.74) is 1.40. The first kappa shape index (κ1) is 25.9. The van der Waals surface area contributed by atoms with Crippen LogP contribution in [0, 0.1) is 0 Å².